The number of amides is 2. The van der Waals surface area contributed by atoms with Crippen LogP contribution >= 0.6 is 0 Å². The van der Waals surface area contributed by atoms with Crippen molar-refractivity contribution in [3.05, 3.63) is 0 Å². The van der Waals surface area contributed by atoms with Crippen molar-refractivity contribution < 1.29 is 14.3 Å². The standard InChI is InChI=1S/C3H2N2O3/c1-4-5-2(6)8-3(5)7/h1H2. The fourth-order valence-electron chi connectivity index (χ4n) is 0.312. The molecule has 1 aliphatic rings. The van der Waals surface area contributed by atoms with Gasteiger partial charge in [0.15, 0.2) is 0 Å². The van der Waals surface area contributed by atoms with Crippen molar-refractivity contribution in [1.29, 1.82) is 0 Å². The number of nitrogens with zero attached hydrogens (tertiary/aromatic N) is 2. The average molecular weight is 114 g/mol. The smallest absolute Gasteiger partial charge is 0.356 e. The minimum atomic E-state index is -0.773. The second-order valence-electron chi connectivity index (χ2n) is 1.09. The lowest BCUT2D eigenvalue weighted by molar-refractivity contribution is 0.0598. The van der Waals surface area contributed by atoms with Gasteiger partial charge in [-0.05, 0) is 0 Å². The van der Waals surface area contributed by atoms with Crippen molar-refractivity contribution in [3.63, 3.8) is 0 Å². The molecule has 0 atom stereocenters. The minimum absolute atomic E-state index is 0.528. The van der Waals surface area contributed by atoms with E-state index in [2.05, 4.69) is 16.6 Å². The van der Waals surface area contributed by atoms with Gasteiger partial charge >= 0.3 is 12.2 Å². The average Bonchev–Trinajstić information content (AvgIpc) is 1.67. The van der Waals surface area contributed by atoms with Crippen LogP contribution in [0.4, 0.5) is 9.59 Å². The van der Waals surface area contributed by atoms with E-state index in [0.717, 1.165) is 0 Å². The molecule has 0 aromatic carbocycles. The molecule has 0 unspecified atom stereocenters. The highest BCUT2D eigenvalue weighted by molar-refractivity contribution is 6.02. The Balaban J connectivity index is 2.65. The lowest BCUT2D eigenvalue weighted by atomic mass is 10.8. The fourth-order valence-corrected chi connectivity index (χ4v) is 0.312. The van der Waals surface area contributed by atoms with Crippen molar-refractivity contribution in [2.75, 3.05) is 0 Å². The summed E-state index contributed by atoms with van der Waals surface area (Å²) in [6.45, 7) is 2.94. The number of carbonyl (C=O) groups is 2. The van der Waals surface area contributed by atoms with Crippen LogP contribution in [0, 0.1) is 0 Å². The highest BCUT2D eigenvalue weighted by Gasteiger charge is 2.37. The van der Waals surface area contributed by atoms with E-state index < -0.39 is 12.2 Å². The van der Waals surface area contributed by atoms with E-state index in [4.69, 9.17) is 0 Å². The Morgan fingerprint density at radius 3 is 2.12 bits per heavy atom. The van der Waals surface area contributed by atoms with Gasteiger partial charge in [0.05, 0.1) is 0 Å². The molecular weight excluding hydrogens is 112 g/mol. The lowest BCUT2D eigenvalue weighted by Gasteiger charge is -2.19. The third kappa shape index (κ3) is 0.378. The summed E-state index contributed by atoms with van der Waals surface area (Å²) in [5, 5.41) is 3.54. The molecule has 0 aromatic heterocycles. The van der Waals surface area contributed by atoms with Gasteiger partial charge in [0.1, 0.15) is 0 Å². The Kier molecular flexibility index (Phi) is 0.768. The van der Waals surface area contributed by atoms with Crippen molar-refractivity contribution in [2.45, 2.75) is 0 Å². The SMILES string of the molecule is C=NN1C(=O)OC1=O. The molecule has 5 nitrogen and oxygen atoms in total. The lowest BCUT2D eigenvalue weighted by Crippen LogP contribution is -2.45. The Labute approximate surface area is 44.5 Å². The molecule has 1 aliphatic heterocycles. The molecule has 1 fully saturated rings. The van der Waals surface area contributed by atoms with Crippen molar-refractivity contribution in [2.24, 2.45) is 5.10 Å². The van der Waals surface area contributed by atoms with Crippen molar-refractivity contribution in [1.82, 2.24) is 5.01 Å². The van der Waals surface area contributed by atoms with Gasteiger partial charge in [0.2, 0.25) is 0 Å². The Bertz CT molecular complexity index is 150. The number of ether oxygens (including phenoxy) is 1. The van der Waals surface area contributed by atoms with Gasteiger partial charge in [-0.3, -0.25) is 0 Å². The first-order valence-corrected chi connectivity index (χ1v) is 1.78. The van der Waals surface area contributed by atoms with Crippen LogP contribution in [0.1, 0.15) is 0 Å². The summed E-state index contributed by atoms with van der Waals surface area (Å²) in [4.78, 5) is 20.0. The molecule has 42 valence electrons. The number of rotatable bonds is 1. The number of hydrogen-bond acceptors (Lipinski definition) is 4. The van der Waals surface area contributed by atoms with Crippen LogP contribution in [0.2, 0.25) is 0 Å². The normalized spacial score (nSPS) is 17.2. The molecule has 0 spiro atoms. The maximum absolute atomic E-state index is 10.0. The van der Waals surface area contributed by atoms with Crippen LogP contribution in [0.15, 0.2) is 5.10 Å². The fraction of sp³-hybridized carbons (Fsp3) is 0. The molecule has 8 heavy (non-hydrogen) atoms. The number of hydrazone groups is 1. The summed E-state index contributed by atoms with van der Waals surface area (Å²) >= 11 is 0. The summed E-state index contributed by atoms with van der Waals surface area (Å²) in [5.74, 6) is 0. The first-order valence-electron chi connectivity index (χ1n) is 1.78. The summed E-state index contributed by atoms with van der Waals surface area (Å²) in [7, 11) is 0. The minimum Gasteiger partial charge on any atom is -0.356 e. The highest BCUT2D eigenvalue weighted by atomic mass is 16.7. The molecule has 5 heteroatoms. The topological polar surface area (TPSA) is 59.0 Å². The van der Waals surface area contributed by atoms with Crippen molar-refractivity contribution in [3.8, 4) is 0 Å². The number of imide groups is 1. The summed E-state index contributed by atoms with van der Waals surface area (Å²) in [5.41, 5.74) is 0. The molecule has 0 saturated carbocycles. The summed E-state index contributed by atoms with van der Waals surface area (Å²) < 4.78 is 3.86. The third-order valence-electron chi connectivity index (χ3n) is 0.662. The molecule has 0 radical (unpaired) electrons. The van der Waals surface area contributed by atoms with E-state index in [1.807, 2.05) is 0 Å². The van der Waals surface area contributed by atoms with Gasteiger partial charge in [-0.15, -0.1) is 0 Å². The predicted molar refractivity (Wildman–Crippen MR) is 23.3 cm³/mol. The monoisotopic (exact) mass is 114 g/mol. The highest BCUT2D eigenvalue weighted by Crippen LogP contribution is 2.08. The number of hydrogen-bond donors (Lipinski definition) is 0. The van der Waals surface area contributed by atoms with Gasteiger partial charge in [-0.1, -0.05) is 5.01 Å². The van der Waals surface area contributed by atoms with Crippen LogP contribution in [-0.4, -0.2) is 23.9 Å². The molecule has 0 bridgehead atoms. The van der Waals surface area contributed by atoms with E-state index in [1.165, 1.54) is 0 Å². The second kappa shape index (κ2) is 1.29. The third-order valence-corrected chi connectivity index (χ3v) is 0.662. The van der Waals surface area contributed by atoms with E-state index in [0.29, 0.717) is 5.01 Å². The molecule has 1 heterocycles. The molecule has 0 aliphatic carbocycles. The van der Waals surface area contributed by atoms with Crippen LogP contribution in [-0.2, 0) is 4.74 Å². The van der Waals surface area contributed by atoms with Crippen LogP contribution in [0.5, 0.6) is 0 Å². The molecule has 0 aromatic rings. The van der Waals surface area contributed by atoms with E-state index in [-0.39, 0.29) is 0 Å². The molecule has 2 amide bonds. The summed E-state index contributed by atoms with van der Waals surface area (Å²) in [6.07, 6.45) is -1.55. The number of carbonyl (C=O) groups excluding carboxylic acids is 2. The van der Waals surface area contributed by atoms with E-state index >= 15 is 0 Å². The Hall–Kier alpha value is -1.39. The van der Waals surface area contributed by atoms with Crippen LogP contribution in [0.25, 0.3) is 0 Å². The zero-order valence-corrected chi connectivity index (χ0v) is 3.83. The quantitative estimate of drug-likeness (QED) is 0.360. The van der Waals surface area contributed by atoms with E-state index in [9.17, 15) is 9.59 Å². The zero-order valence-electron chi connectivity index (χ0n) is 3.83. The largest absolute Gasteiger partial charge is 0.449 e. The molecular formula is C3H2N2O3. The van der Waals surface area contributed by atoms with Gasteiger partial charge in [0, 0.05) is 6.72 Å². The summed E-state index contributed by atoms with van der Waals surface area (Å²) in [6, 6.07) is 0. The van der Waals surface area contributed by atoms with Gasteiger partial charge in [0.25, 0.3) is 0 Å². The predicted octanol–water partition coefficient (Wildman–Crippen LogP) is 0.174. The first kappa shape index (κ1) is 4.76. The van der Waals surface area contributed by atoms with Gasteiger partial charge in [-0.25, -0.2) is 9.59 Å². The second-order valence-corrected chi connectivity index (χ2v) is 1.09. The zero-order chi connectivity index (χ0) is 6.15. The first-order chi connectivity index (χ1) is 3.75. The maximum atomic E-state index is 10.0. The Morgan fingerprint density at radius 2 is 2.00 bits per heavy atom. The van der Waals surface area contributed by atoms with Gasteiger partial charge < -0.3 is 4.74 Å². The van der Waals surface area contributed by atoms with Gasteiger partial charge in [-0.2, -0.15) is 5.10 Å². The van der Waals surface area contributed by atoms with Crippen LogP contribution in [0.3, 0.4) is 0 Å². The number of cyclic esters (lactones) is 2. The Morgan fingerprint density at radius 1 is 1.50 bits per heavy atom. The maximum Gasteiger partial charge on any atom is 0.449 e. The molecule has 1 saturated heterocycles. The molecule has 1 rings (SSSR count). The van der Waals surface area contributed by atoms with Crippen LogP contribution < -0.4 is 0 Å². The van der Waals surface area contributed by atoms with Crippen molar-refractivity contribution >= 4 is 18.9 Å². The molecule has 0 N–H and O–H groups in total. The van der Waals surface area contributed by atoms with E-state index in [1.54, 1.807) is 0 Å².